The third-order valence-corrected chi connectivity index (χ3v) is 2.08. The summed E-state index contributed by atoms with van der Waals surface area (Å²) < 4.78 is 9.61. The number of ether oxygens (including phenoxy) is 2. The molecule has 0 aromatic carbocycles. The van der Waals surface area contributed by atoms with Gasteiger partial charge in [-0.25, -0.2) is 4.79 Å². The van der Waals surface area contributed by atoms with Gasteiger partial charge in [-0.2, -0.15) is 0 Å². The summed E-state index contributed by atoms with van der Waals surface area (Å²) in [4.78, 5) is 11.0. The van der Waals surface area contributed by atoms with Crippen molar-refractivity contribution in [2.24, 2.45) is 5.92 Å². The SMILES string of the molecule is COC(Br)C(=O)OCCC(C)C. The Hall–Kier alpha value is -0.0900. The van der Waals surface area contributed by atoms with Crippen LogP contribution in [0.5, 0.6) is 0 Å². The van der Waals surface area contributed by atoms with Gasteiger partial charge < -0.3 is 9.47 Å². The summed E-state index contributed by atoms with van der Waals surface area (Å²) in [7, 11) is 1.45. The molecular formula is C8H15BrO3. The van der Waals surface area contributed by atoms with Crippen LogP contribution in [0, 0.1) is 5.92 Å². The molecule has 0 aliphatic heterocycles. The number of alkyl halides is 1. The van der Waals surface area contributed by atoms with Crippen molar-refractivity contribution in [3.05, 3.63) is 0 Å². The molecule has 0 saturated heterocycles. The molecule has 0 aliphatic rings. The van der Waals surface area contributed by atoms with E-state index in [0.717, 1.165) is 6.42 Å². The Morgan fingerprint density at radius 1 is 1.50 bits per heavy atom. The number of rotatable bonds is 5. The summed E-state index contributed by atoms with van der Waals surface area (Å²) in [5, 5.41) is -0.635. The normalized spacial score (nSPS) is 13.1. The second kappa shape index (κ2) is 6.43. The highest BCUT2D eigenvalue weighted by Crippen LogP contribution is 2.04. The molecule has 0 bridgehead atoms. The fourth-order valence-corrected chi connectivity index (χ4v) is 0.689. The Morgan fingerprint density at radius 3 is 2.50 bits per heavy atom. The van der Waals surface area contributed by atoms with Gasteiger partial charge in [-0.15, -0.1) is 0 Å². The zero-order valence-electron chi connectivity index (χ0n) is 7.67. The van der Waals surface area contributed by atoms with E-state index in [-0.39, 0.29) is 5.97 Å². The lowest BCUT2D eigenvalue weighted by molar-refractivity contribution is -0.149. The van der Waals surface area contributed by atoms with Crippen LogP contribution in [0.25, 0.3) is 0 Å². The lowest BCUT2D eigenvalue weighted by Gasteiger charge is -2.09. The fraction of sp³-hybridized carbons (Fsp3) is 0.875. The molecule has 3 nitrogen and oxygen atoms in total. The molecule has 0 amide bonds. The van der Waals surface area contributed by atoms with Gasteiger partial charge >= 0.3 is 5.97 Å². The Labute approximate surface area is 81.6 Å². The maximum Gasteiger partial charge on any atom is 0.346 e. The minimum Gasteiger partial charge on any atom is -0.463 e. The van der Waals surface area contributed by atoms with E-state index in [1.165, 1.54) is 7.11 Å². The number of esters is 1. The molecule has 72 valence electrons. The largest absolute Gasteiger partial charge is 0.463 e. The molecule has 0 saturated carbocycles. The topological polar surface area (TPSA) is 35.5 Å². The van der Waals surface area contributed by atoms with Gasteiger partial charge in [-0.1, -0.05) is 13.8 Å². The Kier molecular flexibility index (Phi) is 6.38. The van der Waals surface area contributed by atoms with Crippen LogP contribution in [0.4, 0.5) is 0 Å². The van der Waals surface area contributed by atoms with Gasteiger partial charge in [0, 0.05) is 7.11 Å². The molecule has 0 radical (unpaired) electrons. The smallest absolute Gasteiger partial charge is 0.346 e. The van der Waals surface area contributed by atoms with E-state index in [4.69, 9.17) is 9.47 Å². The molecule has 0 heterocycles. The molecule has 0 spiro atoms. The number of hydrogen-bond acceptors (Lipinski definition) is 3. The van der Waals surface area contributed by atoms with Crippen molar-refractivity contribution in [1.82, 2.24) is 0 Å². The molecule has 0 rings (SSSR count). The van der Waals surface area contributed by atoms with Gasteiger partial charge in [-0.05, 0) is 28.3 Å². The zero-order valence-corrected chi connectivity index (χ0v) is 9.26. The number of halogens is 1. The molecule has 0 aliphatic carbocycles. The van der Waals surface area contributed by atoms with Crippen molar-refractivity contribution >= 4 is 21.9 Å². The van der Waals surface area contributed by atoms with Gasteiger partial charge in [-0.3, -0.25) is 0 Å². The van der Waals surface area contributed by atoms with Crippen molar-refractivity contribution in [2.45, 2.75) is 25.3 Å². The third kappa shape index (κ3) is 5.55. The minimum absolute atomic E-state index is 0.363. The number of carbonyl (C=O) groups is 1. The molecule has 0 fully saturated rings. The highest BCUT2D eigenvalue weighted by atomic mass is 79.9. The third-order valence-electron chi connectivity index (χ3n) is 1.33. The highest BCUT2D eigenvalue weighted by Gasteiger charge is 2.14. The molecule has 1 unspecified atom stereocenters. The zero-order chi connectivity index (χ0) is 9.56. The second-order valence-electron chi connectivity index (χ2n) is 2.90. The molecule has 4 heteroatoms. The average Bonchev–Trinajstić information content (AvgIpc) is 2.02. The fourth-order valence-electron chi connectivity index (χ4n) is 0.557. The highest BCUT2D eigenvalue weighted by molar-refractivity contribution is 9.09. The van der Waals surface area contributed by atoms with Crippen LogP contribution >= 0.6 is 15.9 Å². The monoisotopic (exact) mass is 238 g/mol. The van der Waals surface area contributed by atoms with Crippen LogP contribution in [-0.2, 0) is 14.3 Å². The maximum absolute atomic E-state index is 11.0. The molecule has 0 aromatic rings. The Morgan fingerprint density at radius 2 is 2.08 bits per heavy atom. The molecular weight excluding hydrogens is 224 g/mol. The van der Waals surface area contributed by atoms with E-state index in [1.807, 2.05) is 0 Å². The summed E-state index contributed by atoms with van der Waals surface area (Å²) in [5.41, 5.74) is 0. The van der Waals surface area contributed by atoms with Crippen molar-refractivity contribution < 1.29 is 14.3 Å². The maximum atomic E-state index is 11.0. The first-order valence-corrected chi connectivity index (χ1v) is 4.83. The number of methoxy groups -OCH3 is 1. The van der Waals surface area contributed by atoms with Gasteiger partial charge in [0.05, 0.1) is 6.61 Å². The van der Waals surface area contributed by atoms with Crippen LogP contribution in [0.2, 0.25) is 0 Å². The van der Waals surface area contributed by atoms with Crippen LogP contribution in [0.1, 0.15) is 20.3 Å². The predicted molar refractivity (Wildman–Crippen MR) is 50.1 cm³/mol. The van der Waals surface area contributed by atoms with E-state index in [9.17, 15) is 4.79 Å². The standard InChI is InChI=1S/C8H15BrO3/c1-6(2)4-5-12-8(10)7(9)11-3/h6-7H,4-5H2,1-3H3. The van der Waals surface area contributed by atoms with Crippen LogP contribution in [-0.4, -0.2) is 24.7 Å². The first-order chi connectivity index (χ1) is 5.57. The van der Waals surface area contributed by atoms with Crippen LogP contribution < -0.4 is 0 Å². The van der Waals surface area contributed by atoms with Crippen LogP contribution in [0.3, 0.4) is 0 Å². The van der Waals surface area contributed by atoms with Crippen molar-refractivity contribution in [3.63, 3.8) is 0 Å². The number of carbonyl (C=O) groups excluding carboxylic acids is 1. The average molecular weight is 239 g/mol. The van der Waals surface area contributed by atoms with Gasteiger partial charge in [0.1, 0.15) is 0 Å². The Bertz CT molecular complexity index is 136. The lowest BCUT2D eigenvalue weighted by atomic mass is 10.1. The van der Waals surface area contributed by atoms with Crippen molar-refractivity contribution in [1.29, 1.82) is 0 Å². The van der Waals surface area contributed by atoms with Crippen LogP contribution in [0.15, 0.2) is 0 Å². The van der Waals surface area contributed by atoms with Crippen molar-refractivity contribution in [3.8, 4) is 0 Å². The van der Waals surface area contributed by atoms with E-state index in [2.05, 4.69) is 29.8 Å². The van der Waals surface area contributed by atoms with E-state index in [0.29, 0.717) is 12.5 Å². The van der Waals surface area contributed by atoms with E-state index < -0.39 is 5.01 Å². The number of hydrogen-bond donors (Lipinski definition) is 0. The molecule has 12 heavy (non-hydrogen) atoms. The van der Waals surface area contributed by atoms with Crippen molar-refractivity contribution in [2.75, 3.05) is 13.7 Å². The lowest BCUT2D eigenvalue weighted by Crippen LogP contribution is -2.19. The summed E-state index contributed by atoms with van der Waals surface area (Å²) in [6.45, 7) is 4.62. The molecule has 0 aromatic heterocycles. The predicted octanol–water partition coefficient (Wildman–Crippen LogP) is 1.94. The molecule has 0 N–H and O–H groups in total. The minimum atomic E-state index is -0.635. The van der Waals surface area contributed by atoms with E-state index in [1.54, 1.807) is 0 Å². The van der Waals surface area contributed by atoms with E-state index >= 15 is 0 Å². The Balaban J connectivity index is 3.44. The summed E-state index contributed by atoms with van der Waals surface area (Å²) in [6.07, 6.45) is 0.884. The van der Waals surface area contributed by atoms with Gasteiger partial charge in [0.15, 0.2) is 0 Å². The first kappa shape index (κ1) is 11.9. The van der Waals surface area contributed by atoms with Gasteiger partial charge in [0.25, 0.3) is 0 Å². The quantitative estimate of drug-likeness (QED) is 0.543. The first-order valence-electron chi connectivity index (χ1n) is 3.91. The molecule has 1 atom stereocenters. The summed E-state index contributed by atoms with van der Waals surface area (Å²) in [5.74, 6) is 0.187. The summed E-state index contributed by atoms with van der Waals surface area (Å²) >= 11 is 3.01. The second-order valence-corrected chi connectivity index (χ2v) is 3.73. The summed E-state index contributed by atoms with van der Waals surface area (Å²) in [6, 6.07) is 0. The van der Waals surface area contributed by atoms with Gasteiger partial charge in [0.2, 0.25) is 5.01 Å².